The van der Waals surface area contributed by atoms with E-state index in [4.69, 9.17) is 10.2 Å². The molecule has 0 aromatic carbocycles. The van der Waals surface area contributed by atoms with Gasteiger partial charge in [0.2, 0.25) is 10.0 Å². The number of nitrogens with two attached hydrogens (primary N) is 1. The van der Waals surface area contributed by atoms with Gasteiger partial charge in [0.05, 0.1) is 13.1 Å². The zero-order valence-electron chi connectivity index (χ0n) is 8.86. The van der Waals surface area contributed by atoms with Crippen molar-refractivity contribution in [3.05, 3.63) is 16.5 Å². The highest BCUT2D eigenvalue weighted by atomic mass is 79.9. The Morgan fingerprint density at radius 3 is 2.59 bits per heavy atom. The summed E-state index contributed by atoms with van der Waals surface area (Å²) >= 11 is 2.91. The molecule has 1 aromatic heterocycles. The van der Waals surface area contributed by atoms with Crippen LogP contribution in [0.5, 0.6) is 0 Å². The molecule has 5 nitrogen and oxygen atoms in total. The minimum atomic E-state index is -4.00. The SMILES string of the molecule is CN(CC(F)F)S(=O)(=O)c1cc(CN)oc1Br. The van der Waals surface area contributed by atoms with E-state index in [0.29, 0.717) is 4.31 Å². The van der Waals surface area contributed by atoms with Gasteiger partial charge in [-0.05, 0) is 15.9 Å². The predicted octanol–water partition coefficient (Wildman–Crippen LogP) is 1.39. The minimum absolute atomic E-state index is 0.0205. The van der Waals surface area contributed by atoms with Crippen LogP contribution < -0.4 is 5.73 Å². The molecule has 1 aromatic rings. The van der Waals surface area contributed by atoms with Gasteiger partial charge in [-0.15, -0.1) is 0 Å². The van der Waals surface area contributed by atoms with Crippen molar-refractivity contribution in [3.8, 4) is 0 Å². The summed E-state index contributed by atoms with van der Waals surface area (Å²) in [4.78, 5) is -0.207. The Morgan fingerprint density at radius 2 is 2.18 bits per heavy atom. The van der Waals surface area contributed by atoms with Crippen LogP contribution in [0.2, 0.25) is 0 Å². The normalized spacial score (nSPS) is 12.6. The first-order valence-corrected chi connectivity index (χ1v) is 6.75. The Hall–Kier alpha value is -0.510. The van der Waals surface area contributed by atoms with Crippen molar-refractivity contribution < 1.29 is 21.6 Å². The second-order valence-corrected chi connectivity index (χ2v) is 5.96. The molecular weight excluding hydrogens is 322 g/mol. The van der Waals surface area contributed by atoms with E-state index in [2.05, 4.69) is 15.9 Å². The molecule has 0 atom stereocenters. The summed E-state index contributed by atoms with van der Waals surface area (Å²) in [5.74, 6) is 0.251. The maximum atomic E-state index is 12.1. The average Bonchev–Trinajstić information content (AvgIpc) is 2.59. The number of alkyl halides is 2. The highest BCUT2D eigenvalue weighted by Gasteiger charge is 2.28. The van der Waals surface area contributed by atoms with Crippen molar-refractivity contribution in [2.24, 2.45) is 5.73 Å². The van der Waals surface area contributed by atoms with Gasteiger partial charge >= 0.3 is 0 Å². The Kier molecular flexibility index (Phi) is 4.64. The third-order valence-corrected chi connectivity index (χ3v) is 4.67. The first-order valence-electron chi connectivity index (χ1n) is 4.51. The van der Waals surface area contributed by atoms with Crippen molar-refractivity contribution in [1.82, 2.24) is 4.31 Å². The van der Waals surface area contributed by atoms with Crippen LogP contribution in [0, 0.1) is 0 Å². The topological polar surface area (TPSA) is 76.5 Å². The molecule has 0 unspecified atom stereocenters. The third-order valence-electron chi connectivity index (χ3n) is 1.99. The van der Waals surface area contributed by atoms with E-state index in [1.54, 1.807) is 0 Å². The third kappa shape index (κ3) is 3.24. The molecule has 1 rings (SSSR count). The fraction of sp³-hybridized carbons (Fsp3) is 0.500. The van der Waals surface area contributed by atoms with Crippen molar-refractivity contribution in [3.63, 3.8) is 0 Å². The van der Waals surface area contributed by atoms with Crippen LogP contribution in [0.1, 0.15) is 5.76 Å². The van der Waals surface area contributed by atoms with Crippen LogP contribution in [-0.2, 0) is 16.6 Å². The number of nitrogens with zero attached hydrogens (tertiary/aromatic N) is 1. The molecule has 0 spiro atoms. The van der Waals surface area contributed by atoms with Crippen molar-refractivity contribution in [2.75, 3.05) is 13.6 Å². The lowest BCUT2D eigenvalue weighted by molar-refractivity contribution is 0.126. The van der Waals surface area contributed by atoms with E-state index in [1.807, 2.05) is 0 Å². The largest absolute Gasteiger partial charge is 0.452 e. The monoisotopic (exact) mass is 332 g/mol. The molecule has 17 heavy (non-hydrogen) atoms. The van der Waals surface area contributed by atoms with Gasteiger partial charge in [-0.3, -0.25) is 0 Å². The Balaban J connectivity index is 3.08. The molecule has 0 aliphatic heterocycles. The zero-order chi connectivity index (χ0) is 13.2. The summed E-state index contributed by atoms with van der Waals surface area (Å²) in [5, 5.41) is 0. The van der Waals surface area contributed by atoms with Gasteiger partial charge in [-0.2, -0.15) is 4.31 Å². The number of hydrogen-bond acceptors (Lipinski definition) is 4. The maximum absolute atomic E-state index is 12.1. The summed E-state index contributed by atoms with van der Waals surface area (Å²) in [7, 11) is -2.92. The lowest BCUT2D eigenvalue weighted by Crippen LogP contribution is -2.31. The number of rotatable bonds is 5. The highest BCUT2D eigenvalue weighted by Crippen LogP contribution is 2.28. The molecule has 0 radical (unpaired) electrons. The molecule has 0 saturated heterocycles. The lowest BCUT2D eigenvalue weighted by Gasteiger charge is -2.15. The van der Waals surface area contributed by atoms with Crippen LogP contribution in [0.3, 0.4) is 0 Å². The summed E-state index contributed by atoms with van der Waals surface area (Å²) in [6.45, 7) is -0.857. The number of sulfonamides is 1. The summed E-state index contributed by atoms with van der Waals surface area (Å²) in [6, 6.07) is 1.21. The number of hydrogen-bond donors (Lipinski definition) is 1. The van der Waals surface area contributed by atoms with Crippen molar-refractivity contribution >= 4 is 26.0 Å². The highest BCUT2D eigenvalue weighted by molar-refractivity contribution is 9.10. The van der Waals surface area contributed by atoms with Gasteiger partial charge in [0.25, 0.3) is 6.43 Å². The van der Waals surface area contributed by atoms with Gasteiger partial charge in [0.1, 0.15) is 10.7 Å². The van der Waals surface area contributed by atoms with E-state index in [1.165, 1.54) is 6.07 Å². The summed E-state index contributed by atoms with van der Waals surface area (Å²) in [6.07, 6.45) is -2.74. The number of furan rings is 1. The second kappa shape index (κ2) is 5.42. The van der Waals surface area contributed by atoms with Gasteiger partial charge in [-0.1, -0.05) is 0 Å². The van der Waals surface area contributed by atoms with Crippen molar-refractivity contribution in [1.29, 1.82) is 0 Å². The predicted molar refractivity (Wildman–Crippen MR) is 60.1 cm³/mol. The van der Waals surface area contributed by atoms with E-state index in [9.17, 15) is 17.2 Å². The van der Waals surface area contributed by atoms with Gasteiger partial charge in [0, 0.05) is 13.1 Å². The number of halogens is 3. The molecular formula is C8H11BrF2N2O3S. The fourth-order valence-electron chi connectivity index (χ4n) is 1.13. The standard InChI is InChI=1S/C8H11BrF2N2O3S/c1-13(4-7(10)11)17(14,15)6-2-5(3-12)16-8(6)9/h2,7H,3-4,12H2,1H3. The van der Waals surface area contributed by atoms with Gasteiger partial charge < -0.3 is 10.2 Å². The Labute approximate surface area is 106 Å². The zero-order valence-corrected chi connectivity index (χ0v) is 11.3. The molecule has 9 heteroatoms. The molecule has 0 aliphatic carbocycles. The molecule has 0 aliphatic rings. The molecule has 0 saturated carbocycles. The van der Waals surface area contributed by atoms with E-state index >= 15 is 0 Å². The van der Waals surface area contributed by atoms with Crippen LogP contribution in [0.4, 0.5) is 8.78 Å². The molecule has 0 bridgehead atoms. The second-order valence-electron chi connectivity index (χ2n) is 3.23. The van der Waals surface area contributed by atoms with E-state index in [0.717, 1.165) is 7.05 Å². The molecule has 2 N–H and O–H groups in total. The average molecular weight is 333 g/mol. The first-order chi connectivity index (χ1) is 7.78. The van der Waals surface area contributed by atoms with E-state index < -0.39 is 23.0 Å². The molecule has 98 valence electrons. The minimum Gasteiger partial charge on any atom is -0.452 e. The smallest absolute Gasteiger partial charge is 0.252 e. The van der Waals surface area contributed by atoms with Gasteiger partial charge in [-0.25, -0.2) is 17.2 Å². The Bertz CT molecular complexity index is 489. The quantitative estimate of drug-likeness (QED) is 0.883. The van der Waals surface area contributed by atoms with Gasteiger partial charge in [0.15, 0.2) is 4.67 Å². The summed E-state index contributed by atoms with van der Waals surface area (Å²) in [5.41, 5.74) is 5.29. The summed E-state index contributed by atoms with van der Waals surface area (Å²) < 4.78 is 53.6. The van der Waals surface area contributed by atoms with Crippen LogP contribution in [0.25, 0.3) is 0 Å². The van der Waals surface area contributed by atoms with Crippen molar-refractivity contribution in [2.45, 2.75) is 17.9 Å². The van der Waals surface area contributed by atoms with Crippen LogP contribution in [0.15, 0.2) is 20.0 Å². The fourth-order valence-corrected chi connectivity index (χ4v) is 3.24. The molecule has 0 fully saturated rings. The van der Waals surface area contributed by atoms with Crippen LogP contribution >= 0.6 is 15.9 Å². The first kappa shape index (κ1) is 14.6. The van der Waals surface area contributed by atoms with Crippen LogP contribution in [-0.4, -0.2) is 32.7 Å². The lowest BCUT2D eigenvalue weighted by atomic mass is 10.5. The molecule has 1 heterocycles. The molecule has 0 amide bonds. The Morgan fingerprint density at radius 1 is 1.59 bits per heavy atom. The maximum Gasteiger partial charge on any atom is 0.252 e. The van der Waals surface area contributed by atoms with E-state index in [-0.39, 0.29) is 21.9 Å².